The molecule has 1 atom stereocenters. The minimum atomic E-state index is -0.0154. The summed E-state index contributed by atoms with van der Waals surface area (Å²) in [7, 11) is 0. The number of para-hydroxylation sites is 1. The third-order valence-electron chi connectivity index (χ3n) is 3.27. The number of nitrogens with two attached hydrogens (primary N) is 1. The van der Waals surface area contributed by atoms with E-state index in [1.807, 2.05) is 59.6 Å². The Balaban J connectivity index is 1.97. The van der Waals surface area contributed by atoms with Crippen LogP contribution in [0.4, 0.5) is 11.4 Å². The van der Waals surface area contributed by atoms with Gasteiger partial charge in [-0.25, -0.2) is 0 Å². The van der Waals surface area contributed by atoms with Crippen LogP contribution in [0, 0.1) is 0 Å². The van der Waals surface area contributed by atoms with Crippen LogP contribution in [0.5, 0.6) is 0 Å². The lowest BCUT2D eigenvalue weighted by Gasteiger charge is -2.25. The van der Waals surface area contributed by atoms with Crippen LogP contribution < -0.4 is 16.2 Å². The van der Waals surface area contributed by atoms with E-state index >= 15 is 0 Å². The summed E-state index contributed by atoms with van der Waals surface area (Å²) in [6, 6.07) is 17.5. The fourth-order valence-corrected chi connectivity index (χ4v) is 2.39. The molecule has 1 aliphatic heterocycles. The van der Waals surface area contributed by atoms with Crippen LogP contribution in [0.2, 0.25) is 0 Å². The van der Waals surface area contributed by atoms with Gasteiger partial charge in [0.2, 0.25) is 5.91 Å². The van der Waals surface area contributed by atoms with Gasteiger partial charge in [0, 0.05) is 5.69 Å². The van der Waals surface area contributed by atoms with Crippen molar-refractivity contribution in [1.82, 2.24) is 5.43 Å². The van der Waals surface area contributed by atoms with Crippen molar-refractivity contribution in [3.05, 3.63) is 60.2 Å². The second kappa shape index (κ2) is 4.65. The van der Waals surface area contributed by atoms with Crippen LogP contribution in [0.1, 0.15) is 18.0 Å². The first-order chi connectivity index (χ1) is 9.24. The lowest BCUT2D eigenvalue weighted by atomic mass is 10.0. The monoisotopic (exact) mass is 253 g/mol. The number of nitrogens with zero attached hydrogens (tertiary/aromatic N) is 1. The Hall–Kier alpha value is -2.49. The Morgan fingerprint density at radius 2 is 1.89 bits per heavy atom. The van der Waals surface area contributed by atoms with Gasteiger partial charge in [0.25, 0.3) is 0 Å². The van der Waals surface area contributed by atoms with Crippen LogP contribution in [0.3, 0.4) is 0 Å². The van der Waals surface area contributed by atoms with Crippen molar-refractivity contribution in [2.45, 2.75) is 12.5 Å². The Kier molecular flexibility index (Phi) is 2.83. The first-order valence-electron chi connectivity index (χ1n) is 6.23. The highest BCUT2D eigenvalue weighted by Crippen LogP contribution is 2.32. The maximum absolute atomic E-state index is 11.7. The molecule has 3 N–H and O–H groups in total. The van der Waals surface area contributed by atoms with Gasteiger partial charge < -0.3 is 5.73 Å². The normalized spacial score (nSPS) is 18.4. The van der Waals surface area contributed by atoms with Crippen LogP contribution in [0.15, 0.2) is 54.6 Å². The minimum Gasteiger partial charge on any atom is -0.399 e. The molecule has 1 amide bonds. The first-order valence-corrected chi connectivity index (χ1v) is 6.23. The summed E-state index contributed by atoms with van der Waals surface area (Å²) in [4.78, 5) is 11.7. The van der Waals surface area contributed by atoms with Gasteiger partial charge in [0.1, 0.15) is 0 Å². The molecule has 2 aromatic carbocycles. The summed E-state index contributed by atoms with van der Waals surface area (Å²) in [6.45, 7) is 0. The summed E-state index contributed by atoms with van der Waals surface area (Å²) in [5.74, 6) is 0.0243. The maximum atomic E-state index is 11.7. The number of nitrogens with one attached hydrogen (secondary N) is 1. The van der Waals surface area contributed by atoms with Crippen molar-refractivity contribution >= 4 is 17.3 Å². The number of carbonyl (C=O) groups excluding carboxylic acids is 1. The van der Waals surface area contributed by atoms with E-state index in [2.05, 4.69) is 5.43 Å². The predicted molar refractivity (Wildman–Crippen MR) is 75.3 cm³/mol. The van der Waals surface area contributed by atoms with Crippen molar-refractivity contribution < 1.29 is 4.79 Å². The van der Waals surface area contributed by atoms with E-state index in [1.54, 1.807) is 0 Å². The number of nitrogen functional groups attached to an aromatic ring is 1. The van der Waals surface area contributed by atoms with Crippen molar-refractivity contribution in [3.63, 3.8) is 0 Å². The number of hydrogen-bond donors (Lipinski definition) is 2. The van der Waals surface area contributed by atoms with E-state index in [0.717, 1.165) is 11.3 Å². The molecule has 1 saturated heterocycles. The Labute approximate surface area is 111 Å². The van der Waals surface area contributed by atoms with E-state index in [1.165, 1.54) is 0 Å². The maximum Gasteiger partial charge on any atom is 0.241 e. The molecule has 0 aromatic heterocycles. The number of anilines is 2. The molecule has 2 aromatic rings. The third kappa shape index (κ3) is 2.25. The molecule has 1 unspecified atom stereocenters. The van der Waals surface area contributed by atoms with Gasteiger partial charge in [0.05, 0.1) is 18.2 Å². The lowest BCUT2D eigenvalue weighted by Crippen LogP contribution is -2.34. The summed E-state index contributed by atoms with van der Waals surface area (Å²) < 4.78 is 0. The molecule has 1 fully saturated rings. The van der Waals surface area contributed by atoms with Crippen LogP contribution >= 0.6 is 0 Å². The van der Waals surface area contributed by atoms with Gasteiger partial charge in [-0.15, -0.1) is 0 Å². The predicted octanol–water partition coefficient (Wildman–Crippen LogP) is 2.25. The van der Waals surface area contributed by atoms with Gasteiger partial charge in [-0.1, -0.05) is 30.3 Å². The Bertz CT molecular complexity index is 597. The highest BCUT2D eigenvalue weighted by Gasteiger charge is 2.31. The van der Waals surface area contributed by atoms with Crippen molar-refractivity contribution in [1.29, 1.82) is 0 Å². The fraction of sp³-hybridized carbons (Fsp3) is 0.133. The molecule has 0 aliphatic carbocycles. The Morgan fingerprint density at radius 1 is 1.11 bits per heavy atom. The number of amides is 1. The standard InChI is InChI=1S/C15H15N3O/c16-12-6-4-5-11(9-12)14-10-15(19)17-18(14)13-7-2-1-3-8-13/h1-9,14H,10,16H2,(H,17,19). The molecular formula is C15H15N3O. The number of benzene rings is 2. The van der Waals surface area contributed by atoms with Crippen molar-refractivity contribution in [2.24, 2.45) is 0 Å². The molecule has 4 nitrogen and oxygen atoms in total. The molecule has 0 saturated carbocycles. The molecule has 0 spiro atoms. The van der Waals surface area contributed by atoms with Crippen LogP contribution in [-0.4, -0.2) is 5.91 Å². The van der Waals surface area contributed by atoms with Crippen LogP contribution in [0.25, 0.3) is 0 Å². The van der Waals surface area contributed by atoms with E-state index in [4.69, 9.17) is 5.73 Å². The van der Waals surface area contributed by atoms with Crippen molar-refractivity contribution in [2.75, 3.05) is 10.7 Å². The summed E-state index contributed by atoms with van der Waals surface area (Å²) >= 11 is 0. The highest BCUT2D eigenvalue weighted by atomic mass is 16.2. The average Bonchev–Trinajstić information content (AvgIpc) is 2.82. The second-order valence-corrected chi connectivity index (χ2v) is 4.63. The lowest BCUT2D eigenvalue weighted by molar-refractivity contribution is -0.119. The quantitative estimate of drug-likeness (QED) is 0.807. The molecule has 96 valence electrons. The summed E-state index contributed by atoms with van der Waals surface area (Å²) in [5, 5.41) is 1.90. The van der Waals surface area contributed by atoms with Crippen molar-refractivity contribution in [3.8, 4) is 0 Å². The molecule has 0 radical (unpaired) electrons. The van der Waals surface area contributed by atoms with Gasteiger partial charge in [-0.2, -0.15) is 0 Å². The number of hydrazine groups is 1. The summed E-state index contributed by atoms with van der Waals surface area (Å²) in [6.07, 6.45) is 0.443. The second-order valence-electron chi connectivity index (χ2n) is 4.63. The van der Waals surface area contributed by atoms with E-state index in [9.17, 15) is 4.79 Å². The van der Waals surface area contributed by atoms with E-state index in [0.29, 0.717) is 12.1 Å². The molecule has 4 heteroatoms. The van der Waals surface area contributed by atoms with Gasteiger partial charge in [0.15, 0.2) is 0 Å². The van der Waals surface area contributed by atoms with Gasteiger partial charge in [-0.05, 0) is 29.8 Å². The number of rotatable bonds is 2. The first kappa shape index (κ1) is 11.6. The minimum absolute atomic E-state index is 0.0154. The highest BCUT2D eigenvalue weighted by molar-refractivity contribution is 5.83. The fourth-order valence-electron chi connectivity index (χ4n) is 2.39. The number of carbonyl (C=O) groups is 1. The molecule has 1 heterocycles. The SMILES string of the molecule is Nc1cccc(C2CC(=O)NN2c2ccccc2)c1. The van der Waals surface area contributed by atoms with Crippen LogP contribution in [-0.2, 0) is 4.79 Å². The van der Waals surface area contributed by atoms with Gasteiger partial charge >= 0.3 is 0 Å². The zero-order valence-corrected chi connectivity index (χ0v) is 10.4. The smallest absolute Gasteiger partial charge is 0.241 e. The van der Waals surface area contributed by atoms with E-state index < -0.39 is 0 Å². The summed E-state index contributed by atoms with van der Waals surface area (Å²) in [5.41, 5.74) is 11.4. The zero-order valence-electron chi connectivity index (χ0n) is 10.4. The molecule has 1 aliphatic rings. The molecule has 0 bridgehead atoms. The molecule has 3 rings (SSSR count). The average molecular weight is 253 g/mol. The van der Waals surface area contributed by atoms with Gasteiger partial charge in [-0.3, -0.25) is 15.2 Å². The number of hydrogen-bond acceptors (Lipinski definition) is 3. The zero-order chi connectivity index (χ0) is 13.2. The topological polar surface area (TPSA) is 58.4 Å². The molecular weight excluding hydrogens is 238 g/mol. The largest absolute Gasteiger partial charge is 0.399 e. The Morgan fingerprint density at radius 3 is 2.63 bits per heavy atom. The molecule has 19 heavy (non-hydrogen) atoms. The van der Waals surface area contributed by atoms with E-state index in [-0.39, 0.29) is 11.9 Å². The third-order valence-corrected chi connectivity index (χ3v) is 3.27.